The molecule has 56 heavy (non-hydrogen) atoms. The van der Waals surface area contributed by atoms with Crippen LogP contribution < -0.4 is 0 Å². The van der Waals surface area contributed by atoms with Crippen LogP contribution in [0, 0.1) is 0 Å². The second kappa shape index (κ2) is 42.1. The summed E-state index contributed by atoms with van der Waals surface area (Å²) in [6, 6.07) is 0. The fraction of sp³-hybridized carbons (Fsp3) is 0.702. The van der Waals surface area contributed by atoms with Crippen molar-refractivity contribution < 1.29 is 37.9 Å². The lowest BCUT2D eigenvalue weighted by Gasteiger charge is -2.18. The molecule has 9 heteroatoms. The maximum absolute atomic E-state index is 12.4. The average Bonchev–Trinajstić information content (AvgIpc) is 3.17. The first kappa shape index (κ1) is 53.5. The molecule has 0 amide bonds. The van der Waals surface area contributed by atoms with Crippen LogP contribution in [0.3, 0.4) is 0 Å². The molecule has 0 fully saturated rings. The van der Waals surface area contributed by atoms with Gasteiger partial charge in [0, 0.05) is 12.8 Å². The Kier molecular flexibility index (Phi) is 40.2. The number of allylic oxidation sites excluding steroid dienone is 12. The number of hydrogen-bond donors (Lipinski definition) is 2. The van der Waals surface area contributed by atoms with Crippen LogP contribution in [0.5, 0.6) is 0 Å². The fourth-order valence-electron chi connectivity index (χ4n) is 5.88. The van der Waals surface area contributed by atoms with Crippen LogP contribution >= 0.6 is 7.82 Å². The molecule has 0 saturated heterocycles. The summed E-state index contributed by atoms with van der Waals surface area (Å²) in [5, 5.41) is 0. The summed E-state index contributed by atoms with van der Waals surface area (Å²) >= 11 is 0. The van der Waals surface area contributed by atoms with Gasteiger partial charge in [-0.2, -0.15) is 0 Å². The Morgan fingerprint density at radius 1 is 0.464 bits per heavy atom. The van der Waals surface area contributed by atoms with Gasteiger partial charge in [-0.15, -0.1) is 0 Å². The Hall–Kier alpha value is -2.51. The summed E-state index contributed by atoms with van der Waals surface area (Å²) in [5.41, 5.74) is 0. The van der Waals surface area contributed by atoms with Gasteiger partial charge in [0.1, 0.15) is 6.61 Å². The maximum Gasteiger partial charge on any atom is 0.469 e. The number of hydrogen-bond acceptors (Lipinski definition) is 6. The van der Waals surface area contributed by atoms with Crippen molar-refractivity contribution in [2.45, 2.75) is 200 Å². The number of rotatable bonds is 40. The maximum atomic E-state index is 12.4. The van der Waals surface area contributed by atoms with Gasteiger partial charge >= 0.3 is 19.8 Å². The summed E-state index contributed by atoms with van der Waals surface area (Å²) in [4.78, 5) is 42.8. The average molecular weight is 805 g/mol. The molecular formula is C47H81O8P. The molecule has 0 aliphatic heterocycles. The summed E-state index contributed by atoms with van der Waals surface area (Å²) in [6.07, 6.45) is 55.0. The second-order valence-corrected chi connectivity index (χ2v) is 15.9. The molecule has 2 N–H and O–H groups in total. The van der Waals surface area contributed by atoms with E-state index in [-0.39, 0.29) is 19.4 Å². The Balaban J connectivity index is 4.06. The van der Waals surface area contributed by atoms with Crippen molar-refractivity contribution in [2.75, 3.05) is 13.2 Å². The van der Waals surface area contributed by atoms with Crippen molar-refractivity contribution in [3.8, 4) is 0 Å². The van der Waals surface area contributed by atoms with Crippen molar-refractivity contribution in [3.05, 3.63) is 72.9 Å². The summed E-state index contributed by atoms with van der Waals surface area (Å²) in [7, 11) is -4.78. The van der Waals surface area contributed by atoms with Crippen LogP contribution in [0.4, 0.5) is 0 Å². The first-order chi connectivity index (χ1) is 27.3. The Bertz CT molecular complexity index is 1130. The molecule has 0 bridgehead atoms. The van der Waals surface area contributed by atoms with Gasteiger partial charge in [0.25, 0.3) is 0 Å². The van der Waals surface area contributed by atoms with E-state index in [1.54, 1.807) is 0 Å². The van der Waals surface area contributed by atoms with Crippen LogP contribution in [0.15, 0.2) is 72.9 Å². The third-order valence-corrected chi connectivity index (χ3v) is 9.68. The Labute approximate surface area is 342 Å². The molecule has 0 unspecified atom stereocenters. The summed E-state index contributed by atoms with van der Waals surface area (Å²) in [6.45, 7) is 3.60. The van der Waals surface area contributed by atoms with E-state index in [9.17, 15) is 14.2 Å². The first-order valence-electron chi connectivity index (χ1n) is 22.2. The summed E-state index contributed by atoms with van der Waals surface area (Å²) in [5.74, 6) is -1.01. The van der Waals surface area contributed by atoms with Crippen molar-refractivity contribution in [1.29, 1.82) is 0 Å². The van der Waals surface area contributed by atoms with Gasteiger partial charge in [-0.3, -0.25) is 14.1 Å². The summed E-state index contributed by atoms with van der Waals surface area (Å²) < 4.78 is 26.3. The molecule has 0 saturated carbocycles. The molecular weight excluding hydrogens is 723 g/mol. The van der Waals surface area contributed by atoms with Gasteiger partial charge in [0.05, 0.1) is 6.61 Å². The van der Waals surface area contributed by atoms with E-state index >= 15 is 0 Å². The van der Waals surface area contributed by atoms with E-state index in [1.807, 2.05) is 12.2 Å². The van der Waals surface area contributed by atoms with E-state index in [1.165, 1.54) is 109 Å². The Morgan fingerprint density at radius 2 is 0.804 bits per heavy atom. The number of ether oxygens (including phenoxy) is 2. The molecule has 0 aliphatic rings. The molecule has 0 rings (SSSR count). The highest BCUT2D eigenvalue weighted by Gasteiger charge is 2.22. The van der Waals surface area contributed by atoms with Crippen molar-refractivity contribution in [1.82, 2.24) is 0 Å². The van der Waals surface area contributed by atoms with Gasteiger partial charge < -0.3 is 19.3 Å². The molecule has 1 atom stereocenters. The van der Waals surface area contributed by atoms with E-state index in [0.717, 1.165) is 38.5 Å². The van der Waals surface area contributed by atoms with E-state index in [2.05, 4.69) is 79.1 Å². The van der Waals surface area contributed by atoms with Crippen LogP contribution in [-0.4, -0.2) is 41.0 Å². The minimum atomic E-state index is -4.78. The molecule has 8 nitrogen and oxygen atoms in total. The van der Waals surface area contributed by atoms with Gasteiger partial charge in [0.15, 0.2) is 6.10 Å². The minimum Gasteiger partial charge on any atom is -0.462 e. The number of esters is 2. The lowest BCUT2D eigenvalue weighted by Crippen LogP contribution is -2.29. The normalized spacial score (nSPS) is 13.1. The number of unbranched alkanes of at least 4 members (excludes halogenated alkanes) is 18. The third-order valence-electron chi connectivity index (χ3n) is 9.20. The highest BCUT2D eigenvalue weighted by molar-refractivity contribution is 7.46. The van der Waals surface area contributed by atoms with Crippen molar-refractivity contribution >= 4 is 19.8 Å². The number of phosphoric acid groups is 1. The molecule has 0 aromatic rings. The van der Waals surface area contributed by atoms with E-state index in [4.69, 9.17) is 19.3 Å². The van der Waals surface area contributed by atoms with E-state index < -0.39 is 32.5 Å². The predicted octanol–water partition coefficient (Wildman–Crippen LogP) is 13.9. The molecule has 0 heterocycles. The molecule has 0 spiro atoms. The smallest absolute Gasteiger partial charge is 0.462 e. The van der Waals surface area contributed by atoms with Crippen LogP contribution in [-0.2, 0) is 28.2 Å². The first-order valence-corrected chi connectivity index (χ1v) is 23.8. The monoisotopic (exact) mass is 805 g/mol. The zero-order valence-electron chi connectivity index (χ0n) is 35.5. The second-order valence-electron chi connectivity index (χ2n) is 14.7. The Morgan fingerprint density at radius 3 is 1.20 bits per heavy atom. The van der Waals surface area contributed by atoms with E-state index in [0.29, 0.717) is 19.3 Å². The van der Waals surface area contributed by atoms with Gasteiger partial charge in [0.2, 0.25) is 0 Å². The SMILES string of the molecule is CCCCCCCCC/C=C/C/C=C/C/C=C/C/C=C/CCCC(=O)OC[C@H](COP(=O)(O)O)OC(=O)CCC/C=C/C/C=C/CCCCCCCCCCC. The lowest BCUT2D eigenvalue weighted by atomic mass is 10.1. The number of carbonyl (C=O) groups excluding carboxylic acids is 2. The predicted molar refractivity (Wildman–Crippen MR) is 234 cm³/mol. The highest BCUT2D eigenvalue weighted by atomic mass is 31.2. The zero-order valence-corrected chi connectivity index (χ0v) is 36.4. The molecule has 0 aromatic carbocycles. The zero-order chi connectivity index (χ0) is 41.1. The topological polar surface area (TPSA) is 119 Å². The minimum absolute atomic E-state index is 0.133. The van der Waals surface area contributed by atoms with Crippen molar-refractivity contribution in [3.63, 3.8) is 0 Å². The highest BCUT2D eigenvalue weighted by Crippen LogP contribution is 2.36. The van der Waals surface area contributed by atoms with Crippen LogP contribution in [0.25, 0.3) is 0 Å². The molecule has 0 radical (unpaired) electrons. The van der Waals surface area contributed by atoms with Gasteiger partial charge in [-0.1, -0.05) is 177 Å². The molecule has 322 valence electrons. The quantitative estimate of drug-likeness (QED) is 0.0272. The van der Waals surface area contributed by atoms with Crippen LogP contribution in [0.1, 0.15) is 194 Å². The number of carbonyl (C=O) groups is 2. The molecule has 0 aromatic heterocycles. The van der Waals surface area contributed by atoms with Gasteiger partial charge in [-0.25, -0.2) is 4.57 Å². The van der Waals surface area contributed by atoms with Crippen molar-refractivity contribution in [2.24, 2.45) is 0 Å². The largest absolute Gasteiger partial charge is 0.469 e. The molecule has 0 aliphatic carbocycles. The standard InChI is InChI=1S/C47H81O8P/c1-3-5-7-9-11-13-15-17-19-21-22-23-24-26-27-29-31-33-35-37-39-41-46(48)53-43-45(44-54-56(50,51)52)55-47(49)42-40-38-36-34-32-30-28-25-20-18-16-14-12-10-8-6-4-2/h19,21,23-24,27-30,33-36,45H,3-18,20,22,25-26,31-32,37-44H2,1-2H3,(H2,50,51,52)/b21-19+,24-23+,29-27+,30-28+,35-33+,36-34+/t45-/m1/s1. The lowest BCUT2D eigenvalue weighted by molar-refractivity contribution is -0.161. The number of phosphoric ester groups is 1. The van der Waals surface area contributed by atoms with Crippen LogP contribution in [0.2, 0.25) is 0 Å². The van der Waals surface area contributed by atoms with Gasteiger partial charge in [-0.05, 0) is 77.0 Å². The fourth-order valence-corrected chi connectivity index (χ4v) is 6.24. The third kappa shape index (κ3) is 44.2.